The number of hydrogen-bond acceptors (Lipinski definition) is 5. The fourth-order valence-corrected chi connectivity index (χ4v) is 0.483. The van der Waals surface area contributed by atoms with E-state index in [-0.39, 0.29) is 103 Å². The van der Waals surface area contributed by atoms with Crippen LogP contribution in [0.4, 0.5) is 0 Å². The number of nitrogens with one attached hydrogen (secondary N) is 1. The van der Waals surface area contributed by atoms with Crippen molar-refractivity contribution in [3.8, 4) is 0 Å². The van der Waals surface area contributed by atoms with Gasteiger partial charge in [-0.05, 0) is 14.1 Å². The Hall–Kier alpha value is 4.46. The molecule has 12 heteroatoms. The summed E-state index contributed by atoms with van der Waals surface area (Å²) >= 11 is 11.4. The SMILES string of the molecule is CN.[CH2-]S(=O)CCl.[CH2-]S(=O)CNC.[CH2-]SCCl.[Y].[Y].[Y]. The zero-order valence-electron chi connectivity index (χ0n) is 11.8. The molecule has 0 heterocycles. The maximum absolute atomic E-state index is 9.98. The van der Waals surface area contributed by atoms with Crippen LogP contribution >= 0.6 is 35.0 Å². The minimum atomic E-state index is -1.06. The molecule has 2 unspecified atom stereocenters. The van der Waals surface area contributed by atoms with E-state index in [1.165, 1.54) is 18.8 Å². The van der Waals surface area contributed by atoms with E-state index in [1.807, 2.05) is 0 Å². The van der Waals surface area contributed by atoms with Gasteiger partial charge in [0.1, 0.15) is 0 Å². The van der Waals surface area contributed by atoms with Gasteiger partial charge in [0.2, 0.25) is 0 Å². The number of halogens is 2. The monoisotopic (exact) mass is 610 g/mol. The van der Waals surface area contributed by atoms with Gasteiger partial charge in [-0.15, -0.1) is 44.8 Å². The van der Waals surface area contributed by atoms with Crippen molar-refractivity contribution in [1.82, 2.24) is 5.32 Å². The first-order chi connectivity index (χ1) is 7.95. The van der Waals surface area contributed by atoms with Gasteiger partial charge < -0.3 is 22.8 Å². The van der Waals surface area contributed by atoms with Crippen molar-refractivity contribution in [2.24, 2.45) is 5.73 Å². The van der Waals surface area contributed by atoms with E-state index >= 15 is 0 Å². The quantitative estimate of drug-likeness (QED) is 0.375. The molecule has 0 saturated heterocycles. The van der Waals surface area contributed by atoms with E-state index in [0.717, 1.165) is 0 Å². The van der Waals surface area contributed by atoms with Gasteiger partial charge in [-0.25, -0.2) is 0 Å². The van der Waals surface area contributed by atoms with Gasteiger partial charge >= 0.3 is 0 Å². The van der Waals surface area contributed by atoms with Crippen molar-refractivity contribution >= 4 is 56.6 Å². The fourth-order valence-electron chi connectivity index (χ4n) is 0.161. The molecule has 0 aromatic carbocycles. The van der Waals surface area contributed by atoms with Crippen LogP contribution in [0.2, 0.25) is 0 Å². The predicted molar refractivity (Wildman–Crippen MR) is 85.4 cm³/mol. The van der Waals surface area contributed by atoms with Gasteiger partial charge in [0.15, 0.2) is 0 Å². The molecule has 0 aliphatic heterocycles. The first-order valence-electron chi connectivity index (χ1n) is 4.03. The molecule has 0 aromatic rings. The summed E-state index contributed by atoms with van der Waals surface area (Å²) in [7, 11) is 1.26. The summed E-state index contributed by atoms with van der Waals surface area (Å²) in [4.78, 5) is 0. The summed E-state index contributed by atoms with van der Waals surface area (Å²) < 4.78 is 19.7. The minimum Gasteiger partial charge on any atom is -0.339 e. The number of rotatable bonds is 4. The Morgan fingerprint density at radius 1 is 1.10 bits per heavy atom. The Balaban J connectivity index is -0.0000000225. The van der Waals surface area contributed by atoms with Crippen LogP contribution in [-0.4, -0.2) is 38.8 Å². The van der Waals surface area contributed by atoms with Gasteiger partial charge in [-0.2, -0.15) is 0 Å². The van der Waals surface area contributed by atoms with Crippen molar-refractivity contribution in [2.45, 2.75) is 0 Å². The standard InChI is InChI=1S/C3H8NOS.C2H4ClOS.C2H4ClS.CH5N.3Y/c1-4-3-6(2)5;1-5(4)2-3;1-4-2-3;1-2;;;/h4H,2-3H2,1H3;1-2H2;1-2H2;2H2,1H3;;;/q3*-1;;;;. The van der Waals surface area contributed by atoms with E-state index in [9.17, 15) is 8.42 Å². The molecule has 0 spiro atoms. The molecular weight excluding hydrogens is 590 g/mol. The predicted octanol–water partition coefficient (Wildman–Crippen LogP) is 1.70. The summed E-state index contributed by atoms with van der Waals surface area (Å²) in [6.45, 7) is 0. The summed E-state index contributed by atoms with van der Waals surface area (Å²) in [5.41, 5.74) is 4.50. The van der Waals surface area contributed by atoms with Crippen molar-refractivity contribution < 1.29 is 107 Å². The molecule has 0 saturated carbocycles. The Morgan fingerprint density at radius 3 is 1.35 bits per heavy atom. The van der Waals surface area contributed by atoms with Crippen LogP contribution in [0.5, 0.6) is 0 Å². The summed E-state index contributed by atoms with van der Waals surface area (Å²) in [5.74, 6) is 0.486. The first-order valence-corrected chi connectivity index (χ1v) is 9.23. The molecule has 0 amide bonds. The largest absolute Gasteiger partial charge is 0.339 e. The summed E-state index contributed by atoms with van der Waals surface area (Å²) in [5, 5.41) is 3.44. The third kappa shape index (κ3) is 94.5. The number of nitrogens with two attached hydrogens (primary N) is 1. The zero-order valence-corrected chi connectivity index (χ0v) is 24.3. The van der Waals surface area contributed by atoms with Crippen LogP contribution in [0, 0.1) is 18.8 Å². The number of hydrogen-bond donors (Lipinski definition) is 2. The molecule has 4 nitrogen and oxygen atoms in total. The van der Waals surface area contributed by atoms with Crippen LogP contribution < -0.4 is 11.1 Å². The van der Waals surface area contributed by atoms with Gasteiger partial charge in [-0.3, -0.25) is 27.2 Å². The molecule has 0 fully saturated rings. The average molecular weight is 611 g/mol. The van der Waals surface area contributed by atoms with Crippen LogP contribution in [0.25, 0.3) is 0 Å². The fraction of sp³-hybridized carbons (Fsp3) is 0.625. The Bertz CT molecular complexity index is 176. The van der Waals surface area contributed by atoms with Crippen LogP contribution in [0.3, 0.4) is 0 Å². The first kappa shape index (κ1) is 44.2. The van der Waals surface area contributed by atoms with E-state index in [1.54, 1.807) is 7.05 Å². The van der Waals surface area contributed by atoms with Gasteiger partial charge in [0, 0.05) is 109 Å². The van der Waals surface area contributed by atoms with Crippen molar-refractivity contribution in [2.75, 3.05) is 30.4 Å². The molecule has 0 aromatic heterocycles. The van der Waals surface area contributed by atoms with Gasteiger partial charge in [0.25, 0.3) is 0 Å². The van der Waals surface area contributed by atoms with E-state index in [2.05, 4.69) is 29.8 Å². The second-order valence-electron chi connectivity index (χ2n) is 1.80. The third-order valence-electron chi connectivity index (χ3n) is 0.504. The number of thioether (sulfide) groups is 1. The molecule has 20 heavy (non-hydrogen) atoms. The van der Waals surface area contributed by atoms with E-state index in [0.29, 0.717) is 11.1 Å². The van der Waals surface area contributed by atoms with E-state index in [4.69, 9.17) is 23.2 Å². The Labute approximate surface area is 219 Å². The molecule has 0 bridgehead atoms. The van der Waals surface area contributed by atoms with E-state index < -0.39 is 21.6 Å². The second-order valence-corrected chi connectivity index (χ2v) is 6.00. The van der Waals surface area contributed by atoms with Crippen LogP contribution in [0.15, 0.2) is 0 Å². The zero-order chi connectivity index (χ0) is 14.7. The number of alkyl halides is 2. The smallest absolute Gasteiger partial charge is 0.0676 e. The van der Waals surface area contributed by atoms with Gasteiger partial charge in [-0.1, -0.05) is 0 Å². The molecule has 0 aliphatic rings. The molecule has 3 N–H and O–H groups in total. The van der Waals surface area contributed by atoms with Crippen LogP contribution in [0.1, 0.15) is 0 Å². The normalized spacial score (nSPS) is 9.80. The second kappa shape index (κ2) is 49.5. The molecule has 2 atom stereocenters. The maximum Gasteiger partial charge on any atom is 0.0676 e. The Morgan fingerprint density at radius 2 is 1.35 bits per heavy atom. The van der Waals surface area contributed by atoms with Crippen LogP contribution in [-0.2, 0) is 120 Å². The molecule has 0 aliphatic carbocycles. The topological polar surface area (TPSA) is 72.2 Å². The van der Waals surface area contributed by atoms with Crippen molar-refractivity contribution in [1.29, 1.82) is 0 Å². The molecular formula is C8H21Cl2N2O2S3Y3-3. The van der Waals surface area contributed by atoms with Crippen molar-refractivity contribution in [3.05, 3.63) is 18.8 Å². The Kier molecular flexibility index (Phi) is 109. The summed E-state index contributed by atoms with van der Waals surface area (Å²) in [6, 6.07) is 0. The average Bonchev–Trinajstić information content (AvgIpc) is 2.32. The molecule has 119 valence electrons. The molecule has 0 rings (SSSR count). The third-order valence-corrected chi connectivity index (χ3v) is 2.71. The molecule has 3 radical (unpaired) electrons. The van der Waals surface area contributed by atoms with Crippen molar-refractivity contribution in [3.63, 3.8) is 0 Å². The summed E-state index contributed by atoms with van der Waals surface area (Å²) in [6.07, 6.45) is 9.72. The minimum absolute atomic E-state index is 0. The maximum atomic E-state index is 9.98. The van der Waals surface area contributed by atoms with Gasteiger partial charge in [0.05, 0.1) is 5.21 Å².